The van der Waals surface area contributed by atoms with Crippen LogP contribution in [0.3, 0.4) is 0 Å². The van der Waals surface area contributed by atoms with Crippen LogP contribution in [-0.2, 0) is 0 Å². The van der Waals surface area contributed by atoms with E-state index in [-0.39, 0.29) is 0 Å². The maximum atomic E-state index is 6.13. The smallest absolute Gasteiger partial charge is 0.0433 e. The van der Waals surface area contributed by atoms with E-state index >= 15 is 0 Å². The van der Waals surface area contributed by atoms with E-state index in [1.807, 2.05) is 0 Å². The second-order valence-electron chi connectivity index (χ2n) is 5.86. The number of rotatable bonds is 5. The average molecular weight is 271 g/mol. The van der Waals surface area contributed by atoms with E-state index in [1.165, 1.54) is 44.8 Å². The van der Waals surface area contributed by atoms with Gasteiger partial charge < -0.3 is 5.73 Å². The molecule has 2 fully saturated rings. The van der Waals surface area contributed by atoms with Crippen LogP contribution < -0.4 is 5.73 Å². The molecule has 0 aromatic rings. The van der Waals surface area contributed by atoms with E-state index < -0.39 is 0 Å². The molecule has 2 aliphatic heterocycles. The molecule has 3 unspecified atom stereocenters. The van der Waals surface area contributed by atoms with E-state index in [2.05, 4.69) is 42.3 Å². The van der Waals surface area contributed by atoms with Crippen LogP contribution in [-0.4, -0.2) is 65.1 Å². The molecule has 0 amide bonds. The third-order valence-corrected chi connectivity index (χ3v) is 6.29. The predicted octanol–water partition coefficient (Wildman–Crippen LogP) is 1.63. The highest BCUT2D eigenvalue weighted by molar-refractivity contribution is 8.00. The van der Waals surface area contributed by atoms with Crippen molar-refractivity contribution < 1.29 is 0 Å². The number of thioether (sulfide) groups is 1. The first kappa shape index (κ1) is 14.6. The van der Waals surface area contributed by atoms with E-state index in [4.69, 9.17) is 5.73 Å². The molecule has 2 rings (SSSR count). The summed E-state index contributed by atoms with van der Waals surface area (Å²) in [5, 5.41) is 0.779. The van der Waals surface area contributed by atoms with Crippen molar-refractivity contribution in [3.63, 3.8) is 0 Å². The van der Waals surface area contributed by atoms with Gasteiger partial charge >= 0.3 is 0 Å². The van der Waals surface area contributed by atoms with Crippen LogP contribution >= 0.6 is 11.8 Å². The summed E-state index contributed by atoms with van der Waals surface area (Å²) in [4.78, 5) is 5.31. The number of hydrogen-bond donors (Lipinski definition) is 1. The highest BCUT2D eigenvalue weighted by Crippen LogP contribution is 2.39. The Hall–Kier alpha value is 0.230. The minimum Gasteiger partial charge on any atom is -0.329 e. The average Bonchev–Trinajstić information content (AvgIpc) is 2.99. The lowest BCUT2D eigenvalue weighted by molar-refractivity contribution is 0.126. The zero-order chi connectivity index (χ0) is 13.2. The Morgan fingerprint density at radius 1 is 1.39 bits per heavy atom. The first-order valence-electron chi connectivity index (χ1n) is 7.46. The number of hydrogen-bond acceptors (Lipinski definition) is 4. The Labute approximate surface area is 116 Å². The van der Waals surface area contributed by atoms with Gasteiger partial charge in [-0.25, -0.2) is 0 Å². The fourth-order valence-electron chi connectivity index (χ4n) is 3.65. The molecular formula is C14H29N3S. The normalized spacial score (nSPS) is 37.8. The predicted molar refractivity (Wildman–Crippen MR) is 81.2 cm³/mol. The third-order valence-electron chi connectivity index (χ3n) is 4.85. The highest BCUT2D eigenvalue weighted by atomic mass is 32.2. The lowest BCUT2D eigenvalue weighted by Gasteiger charge is -2.38. The van der Waals surface area contributed by atoms with Gasteiger partial charge in [-0.05, 0) is 25.9 Å². The molecule has 18 heavy (non-hydrogen) atoms. The van der Waals surface area contributed by atoms with Crippen LogP contribution in [0.25, 0.3) is 0 Å². The molecule has 0 radical (unpaired) electrons. The lowest BCUT2D eigenvalue weighted by atomic mass is 9.94. The summed E-state index contributed by atoms with van der Waals surface area (Å²) >= 11 is 2.10. The topological polar surface area (TPSA) is 32.5 Å². The molecule has 0 aromatic carbocycles. The van der Waals surface area contributed by atoms with Crippen molar-refractivity contribution in [1.82, 2.24) is 9.80 Å². The van der Waals surface area contributed by atoms with Crippen LogP contribution in [0.2, 0.25) is 0 Å². The standard InChI is InChI=1S/C14H29N3S/c1-4-16(5-2)13-6-7-17(9-13)14(10-15)8-12(3)18-11-14/h12-13H,4-11,15H2,1-3H3. The fraction of sp³-hybridized carbons (Fsp3) is 1.00. The second-order valence-corrected chi connectivity index (χ2v) is 7.29. The van der Waals surface area contributed by atoms with Gasteiger partial charge in [-0.15, -0.1) is 0 Å². The molecule has 106 valence electrons. The Bertz CT molecular complexity index is 270. The summed E-state index contributed by atoms with van der Waals surface area (Å²) in [5.74, 6) is 1.23. The van der Waals surface area contributed by atoms with Gasteiger partial charge in [0, 0.05) is 42.2 Å². The molecule has 0 aromatic heterocycles. The number of nitrogens with zero attached hydrogens (tertiary/aromatic N) is 2. The fourth-order valence-corrected chi connectivity index (χ4v) is 5.09. The van der Waals surface area contributed by atoms with Gasteiger partial charge in [-0.1, -0.05) is 20.8 Å². The summed E-state index contributed by atoms with van der Waals surface area (Å²) in [5.41, 5.74) is 6.43. The highest BCUT2D eigenvalue weighted by Gasteiger charge is 2.44. The monoisotopic (exact) mass is 271 g/mol. The molecular weight excluding hydrogens is 242 g/mol. The molecule has 2 aliphatic rings. The van der Waals surface area contributed by atoms with Crippen molar-refractivity contribution in [2.45, 2.75) is 50.4 Å². The molecule has 2 heterocycles. The quantitative estimate of drug-likeness (QED) is 0.824. The van der Waals surface area contributed by atoms with Crippen LogP contribution in [0.4, 0.5) is 0 Å². The maximum Gasteiger partial charge on any atom is 0.0433 e. The molecule has 0 bridgehead atoms. The maximum absolute atomic E-state index is 6.13. The van der Waals surface area contributed by atoms with Crippen molar-refractivity contribution in [1.29, 1.82) is 0 Å². The van der Waals surface area contributed by atoms with E-state index in [0.717, 1.165) is 17.8 Å². The van der Waals surface area contributed by atoms with Gasteiger partial charge in [0.1, 0.15) is 0 Å². The number of likely N-dealkylation sites (N-methyl/N-ethyl adjacent to an activating group) is 1. The second kappa shape index (κ2) is 6.12. The molecule has 3 atom stereocenters. The molecule has 3 nitrogen and oxygen atoms in total. The van der Waals surface area contributed by atoms with Crippen molar-refractivity contribution >= 4 is 11.8 Å². The van der Waals surface area contributed by atoms with E-state index in [9.17, 15) is 0 Å². The van der Waals surface area contributed by atoms with Gasteiger partial charge in [-0.2, -0.15) is 11.8 Å². The van der Waals surface area contributed by atoms with E-state index in [0.29, 0.717) is 5.54 Å². The SMILES string of the molecule is CCN(CC)C1CCN(C2(CN)CSC(C)C2)C1. The summed E-state index contributed by atoms with van der Waals surface area (Å²) in [6.07, 6.45) is 2.60. The van der Waals surface area contributed by atoms with Crippen LogP contribution in [0, 0.1) is 0 Å². The first-order valence-corrected chi connectivity index (χ1v) is 8.51. The molecule has 0 aliphatic carbocycles. The summed E-state index contributed by atoms with van der Waals surface area (Å²) in [6.45, 7) is 12.6. The van der Waals surface area contributed by atoms with Gasteiger partial charge in [0.15, 0.2) is 0 Å². The largest absolute Gasteiger partial charge is 0.329 e. The third kappa shape index (κ3) is 2.72. The van der Waals surface area contributed by atoms with Crippen molar-refractivity contribution in [2.75, 3.05) is 38.5 Å². The molecule has 2 saturated heterocycles. The minimum atomic E-state index is 0.298. The number of likely N-dealkylation sites (tertiary alicyclic amines) is 1. The van der Waals surface area contributed by atoms with E-state index in [1.54, 1.807) is 0 Å². The molecule has 4 heteroatoms. The lowest BCUT2D eigenvalue weighted by Crippen LogP contribution is -2.54. The zero-order valence-electron chi connectivity index (χ0n) is 12.2. The Kier molecular flexibility index (Phi) is 4.98. The minimum absolute atomic E-state index is 0.298. The van der Waals surface area contributed by atoms with Crippen molar-refractivity contribution in [3.05, 3.63) is 0 Å². The van der Waals surface area contributed by atoms with Gasteiger partial charge in [-0.3, -0.25) is 9.80 Å². The summed E-state index contributed by atoms with van der Waals surface area (Å²) in [7, 11) is 0. The molecule has 2 N–H and O–H groups in total. The van der Waals surface area contributed by atoms with Crippen molar-refractivity contribution in [3.8, 4) is 0 Å². The van der Waals surface area contributed by atoms with Gasteiger partial charge in [0.05, 0.1) is 0 Å². The Balaban J connectivity index is 1.99. The number of nitrogens with two attached hydrogens (primary N) is 1. The van der Waals surface area contributed by atoms with Crippen LogP contribution in [0.5, 0.6) is 0 Å². The molecule has 0 saturated carbocycles. The summed E-state index contributed by atoms with van der Waals surface area (Å²) in [6, 6.07) is 0.754. The summed E-state index contributed by atoms with van der Waals surface area (Å²) < 4.78 is 0. The first-order chi connectivity index (χ1) is 8.65. The van der Waals surface area contributed by atoms with Crippen LogP contribution in [0.1, 0.15) is 33.6 Å². The van der Waals surface area contributed by atoms with Gasteiger partial charge in [0.2, 0.25) is 0 Å². The zero-order valence-corrected chi connectivity index (χ0v) is 13.0. The molecule has 0 spiro atoms. The van der Waals surface area contributed by atoms with Gasteiger partial charge in [0.25, 0.3) is 0 Å². The Morgan fingerprint density at radius 3 is 2.61 bits per heavy atom. The Morgan fingerprint density at radius 2 is 2.11 bits per heavy atom. The van der Waals surface area contributed by atoms with Crippen LogP contribution in [0.15, 0.2) is 0 Å². The van der Waals surface area contributed by atoms with Crippen molar-refractivity contribution in [2.24, 2.45) is 5.73 Å².